The van der Waals surface area contributed by atoms with E-state index in [1.165, 1.54) is 6.42 Å². The molecule has 2 fully saturated rings. The summed E-state index contributed by atoms with van der Waals surface area (Å²) in [7, 11) is 0. The van der Waals surface area contributed by atoms with Crippen molar-refractivity contribution in [2.45, 2.75) is 38.5 Å². The third-order valence-electron chi connectivity index (χ3n) is 5.32. The zero-order valence-electron chi connectivity index (χ0n) is 14.5. The number of amides is 2. The third-order valence-corrected chi connectivity index (χ3v) is 5.32. The van der Waals surface area contributed by atoms with Crippen LogP contribution in [0.2, 0.25) is 0 Å². The lowest BCUT2D eigenvalue weighted by atomic mass is 10.1. The standard InChI is InChI=1S/C18H23N5O2/c1-13(24)22-10-7-14(11-22)17-20-19-16-6-5-15(12-23(16)17)18(25)21-8-3-2-4-9-21/h5-6,12,14H,2-4,7-11H2,1H3. The van der Waals surface area contributed by atoms with E-state index in [9.17, 15) is 9.59 Å². The molecule has 2 saturated heterocycles. The summed E-state index contributed by atoms with van der Waals surface area (Å²) in [4.78, 5) is 28.1. The number of hydrogen-bond acceptors (Lipinski definition) is 4. The van der Waals surface area contributed by atoms with Gasteiger partial charge in [-0.2, -0.15) is 0 Å². The second-order valence-electron chi connectivity index (χ2n) is 7.01. The number of hydrogen-bond donors (Lipinski definition) is 0. The van der Waals surface area contributed by atoms with Crippen molar-refractivity contribution in [1.82, 2.24) is 24.4 Å². The fraction of sp³-hybridized carbons (Fsp3) is 0.556. The quantitative estimate of drug-likeness (QED) is 0.833. The van der Waals surface area contributed by atoms with Crippen LogP contribution in [0.3, 0.4) is 0 Å². The molecule has 2 aliphatic rings. The first-order valence-electron chi connectivity index (χ1n) is 9.03. The fourth-order valence-corrected chi connectivity index (χ4v) is 3.85. The van der Waals surface area contributed by atoms with E-state index in [0.717, 1.165) is 50.4 Å². The van der Waals surface area contributed by atoms with Crippen molar-refractivity contribution in [3.05, 3.63) is 29.7 Å². The largest absolute Gasteiger partial charge is 0.342 e. The Balaban J connectivity index is 1.62. The number of carbonyl (C=O) groups is 2. The van der Waals surface area contributed by atoms with Crippen LogP contribution in [0.5, 0.6) is 0 Å². The minimum atomic E-state index is 0.0815. The van der Waals surface area contributed by atoms with Gasteiger partial charge in [0.2, 0.25) is 5.91 Å². The van der Waals surface area contributed by atoms with E-state index in [-0.39, 0.29) is 17.7 Å². The Morgan fingerprint density at radius 1 is 1.04 bits per heavy atom. The molecule has 4 heterocycles. The van der Waals surface area contributed by atoms with Crippen LogP contribution in [0.1, 0.15) is 54.7 Å². The van der Waals surface area contributed by atoms with E-state index in [0.29, 0.717) is 12.1 Å². The van der Waals surface area contributed by atoms with Crippen LogP contribution in [0.4, 0.5) is 0 Å². The Bertz CT molecular complexity index is 809. The van der Waals surface area contributed by atoms with Crippen molar-refractivity contribution in [2.75, 3.05) is 26.2 Å². The summed E-state index contributed by atoms with van der Waals surface area (Å²) < 4.78 is 1.92. The molecule has 0 saturated carbocycles. The predicted molar refractivity (Wildman–Crippen MR) is 92.4 cm³/mol. The number of aromatic nitrogens is 3. The van der Waals surface area contributed by atoms with E-state index in [4.69, 9.17) is 0 Å². The first kappa shape index (κ1) is 16.1. The van der Waals surface area contributed by atoms with Gasteiger partial charge in [0.15, 0.2) is 5.65 Å². The lowest BCUT2D eigenvalue weighted by molar-refractivity contribution is -0.127. The lowest BCUT2D eigenvalue weighted by Crippen LogP contribution is -2.35. The maximum absolute atomic E-state index is 12.8. The van der Waals surface area contributed by atoms with Crippen LogP contribution in [0, 0.1) is 0 Å². The summed E-state index contributed by atoms with van der Waals surface area (Å²) in [5.41, 5.74) is 1.42. The Kier molecular flexibility index (Phi) is 4.15. The number of carbonyl (C=O) groups excluding carboxylic acids is 2. The van der Waals surface area contributed by atoms with Gasteiger partial charge < -0.3 is 9.80 Å². The smallest absolute Gasteiger partial charge is 0.255 e. The number of rotatable bonds is 2. The molecule has 4 rings (SSSR count). The molecule has 0 aromatic carbocycles. The molecular weight excluding hydrogens is 318 g/mol. The van der Waals surface area contributed by atoms with Crippen LogP contribution < -0.4 is 0 Å². The van der Waals surface area contributed by atoms with Gasteiger partial charge in [0.25, 0.3) is 5.91 Å². The molecule has 132 valence electrons. The summed E-state index contributed by atoms with van der Waals surface area (Å²) >= 11 is 0. The molecular formula is C18H23N5O2. The highest BCUT2D eigenvalue weighted by atomic mass is 16.2. The third kappa shape index (κ3) is 2.99. The van der Waals surface area contributed by atoms with Crippen LogP contribution in [-0.4, -0.2) is 62.4 Å². The van der Waals surface area contributed by atoms with Crippen molar-refractivity contribution < 1.29 is 9.59 Å². The average Bonchev–Trinajstić information content (AvgIpc) is 3.28. The van der Waals surface area contributed by atoms with E-state index >= 15 is 0 Å². The van der Waals surface area contributed by atoms with Gasteiger partial charge in [0, 0.05) is 45.2 Å². The van der Waals surface area contributed by atoms with Crippen molar-refractivity contribution in [3.63, 3.8) is 0 Å². The summed E-state index contributed by atoms with van der Waals surface area (Å²) in [6, 6.07) is 3.69. The summed E-state index contributed by atoms with van der Waals surface area (Å²) in [6.45, 7) is 4.69. The number of piperidine rings is 1. The van der Waals surface area contributed by atoms with E-state index < -0.39 is 0 Å². The zero-order chi connectivity index (χ0) is 17.4. The van der Waals surface area contributed by atoms with Gasteiger partial charge in [0.1, 0.15) is 5.82 Å². The molecule has 0 radical (unpaired) electrons. The molecule has 1 unspecified atom stereocenters. The first-order chi connectivity index (χ1) is 12.1. The summed E-state index contributed by atoms with van der Waals surface area (Å²) in [6.07, 6.45) is 6.10. The van der Waals surface area contributed by atoms with Crippen LogP contribution in [-0.2, 0) is 4.79 Å². The predicted octanol–water partition coefficient (Wildman–Crippen LogP) is 1.69. The van der Waals surface area contributed by atoms with Gasteiger partial charge in [-0.1, -0.05) is 0 Å². The van der Waals surface area contributed by atoms with E-state index in [2.05, 4.69) is 10.2 Å². The Morgan fingerprint density at radius 3 is 2.56 bits per heavy atom. The van der Waals surface area contributed by atoms with Gasteiger partial charge in [-0.3, -0.25) is 14.0 Å². The molecule has 2 aliphatic heterocycles. The molecule has 2 amide bonds. The minimum Gasteiger partial charge on any atom is -0.342 e. The van der Waals surface area contributed by atoms with Crippen LogP contribution >= 0.6 is 0 Å². The van der Waals surface area contributed by atoms with Crippen molar-refractivity contribution in [2.24, 2.45) is 0 Å². The molecule has 1 atom stereocenters. The first-order valence-corrected chi connectivity index (χ1v) is 9.03. The van der Waals surface area contributed by atoms with E-state index in [1.54, 1.807) is 6.92 Å². The highest BCUT2D eigenvalue weighted by Crippen LogP contribution is 2.26. The Labute approximate surface area is 146 Å². The molecule has 0 spiro atoms. The molecule has 7 heteroatoms. The monoisotopic (exact) mass is 341 g/mol. The molecule has 0 bridgehead atoms. The molecule has 25 heavy (non-hydrogen) atoms. The van der Waals surface area contributed by atoms with E-state index in [1.807, 2.05) is 32.5 Å². The normalized spacial score (nSPS) is 21.1. The number of fused-ring (bicyclic) bond motifs is 1. The van der Waals surface area contributed by atoms with Crippen LogP contribution in [0.15, 0.2) is 18.3 Å². The van der Waals surface area contributed by atoms with Gasteiger partial charge in [-0.05, 0) is 37.8 Å². The molecule has 0 N–H and O–H groups in total. The van der Waals surface area contributed by atoms with Gasteiger partial charge >= 0.3 is 0 Å². The summed E-state index contributed by atoms with van der Waals surface area (Å²) in [5, 5.41) is 8.56. The number of nitrogens with zero attached hydrogens (tertiary/aromatic N) is 5. The zero-order valence-corrected chi connectivity index (χ0v) is 14.5. The van der Waals surface area contributed by atoms with Crippen molar-refractivity contribution in [3.8, 4) is 0 Å². The highest BCUT2D eigenvalue weighted by molar-refractivity contribution is 5.94. The van der Waals surface area contributed by atoms with Gasteiger partial charge in [-0.25, -0.2) is 0 Å². The Morgan fingerprint density at radius 2 is 1.84 bits per heavy atom. The van der Waals surface area contributed by atoms with Crippen molar-refractivity contribution in [1.29, 1.82) is 0 Å². The maximum Gasteiger partial charge on any atom is 0.255 e. The molecule has 2 aromatic heterocycles. The van der Waals surface area contributed by atoms with Crippen molar-refractivity contribution >= 4 is 17.5 Å². The molecule has 7 nitrogen and oxygen atoms in total. The van der Waals surface area contributed by atoms with Gasteiger partial charge in [-0.15, -0.1) is 10.2 Å². The fourth-order valence-electron chi connectivity index (χ4n) is 3.85. The Hall–Kier alpha value is -2.44. The van der Waals surface area contributed by atoms with Gasteiger partial charge in [0.05, 0.1) is 5.56 Å². The SMILES string of the molecule is CC(=O)N1CCC(c2nnc3ccc(C(=O)N4CCCCC4)cn23)C1. The molecule has 2 aromatic rings. The minimum absolute atomic E-state index is 0.0815. The number of pyridine rings is 1. The second-order valence-corrected chi connectivity index (χ2v) is 7.01. The maximum atomic E-state index is 12.8. The van der Waals surface area contributed by atoms with Crippen LogP contribution in [0.25, 0.3) is 5.65 Å². The topological polar surface area (TPSA) is 70.8 Å². The summed E-state index contributed by atoms with van der Waals surface area (Å²) in [5.74, 6) is 1.18. The lowest BCUT2D eigenvalue weighted by Gasteiger charge is -2.26. The number of likely N-dealkylation sites (tertiary alicyclic amines) is 2. The highest BCUT2D eigenvalue weighted by Gasteiger charge is 2.29. The molecule has 0 aliphatic carbocycles. The second kappa shape index (κ2) is 6.46. The average molecular weight is 341 g/mol.